The summed E-state index contributed by atoms with van der Waals surface area (Å²) in [6.07, 6.45) is 2.33. The van der Waals surface area contributed by atoms with Crippen molar-refractivity contribution in [3.8, 4) is 5.75 Å². The van der Waals surface area contributed by atoms with Gasteiger partial charge < -0.3 is 14.5 Å². The number of hydrogen-bond acceptors (Lipinski definition) is 8. The Balaban J connectivity index is 1.34. The van der Waals surface area contributed by atoms with Crippen molar-refractivity contribution in [3.05, 3.63) is 45.8 Å². The van der Waals surface area contributed by atoms with Crippen LogP contribution in [0.4, 0.5) is 5.69 Å². The Morgan fingerprint density at radius 2 is 1.72 bits per heavy atom. The molecule has 39 heavy (non-hydrogen) atoms. The van der Waals surface area contributed by atoms with Crippen LogP contribution in [0.2, 0.25) is 0 Å². The summed E-state index contributed by atoms with van der Waals surface area (Å²) in [7, 11) is -2.25. The SMILES string of the molecule is COc1ccc(N2CCN(C(=O)Cn3cnc4sc(C)c(S(=O)(=O)N5C[C@H](C)C[C@@H](C)C5)c4c3=O)CC2)cc1. The van der Waals surface area contributed by atoms with E-state index in [0.717, 1.165) is 17.9 Å². The first-order valence-electron chi connectivity index (χ1n) is 13.2. The Labute approximate surface area is 232 Å². The number of methoxy groups -OCH3 is 1. The molecule has 12 heteroatoms. The molecule has 2 saturated heterocycles. The number of aromatic nitrogens is 2. The highest BCUT2D eigenvalue weighted by Gasteiger charge is 2.36. The number of amides is 1. The molecule has 1 aromatic carbocycles. The molecule has 2 aliphatic heterocycles. The van der Waals surface area contributed by atoms with Gasteiger partial charge in [-0.3, -0.25) is 14.2 Å². The molecule has 2 fully saturated rings. The lowest BCUT2D eigenvalue weighted by Gasteiger charge is -2.36. The summed E-state index contributed by atoms with van der Waals surface area (Å²) < 4.78 is 35.5. The average molecular weight is 574 g/mol. The van der Waals surface area contributed by atoms with Gasteiger partial charge >= 0.3 is 0 Å². The molecule has 1 amide bonds. The van der Waals surface area contributed by atoms with E-state index in [9.17, 15) is 18.0 Å². The number of piperidine rings is 1. The first-order valence-corrected chi connectivity index (χ1v) is 15.5. The van der Waals surface area contributed by atoms with Gasteiger partial charge in [0.1, 0.15) is 22.0 Å². The summed E-state index contributed by atoms with van der Waals surface area (Å²) in [6, 6.07) is 7.82. The number of hydrogen-bond donors (Lipinski definition) is 0. The molecule has 0 radical (unpaired) electrons. The summed E-state index contributed by atoms with van der Waals surface area (Å²) >= 11 is 1.20. The molecule has 0 N–H and O–H groups in total. The molecule has 5 rings (SSSR count). The molecular weight excluding hydrogens is 538 g/mol. The number of sulfonamides is 1. The molecule has 4 heterocycles. The van der Waals surface area contributed by atoms with E-state index in [-0.39, 0.29) is 34.6 Å². The van der Waals surface area contributed by atoms with Gasteiger partial charge in [0.05, 0.1) is 18.8 Å². The largest absolute Gasteiger partial charge is 0.497 e. The Bertz CT molecular complexity index is 1510. The number of anilines is 1. The molecule has 0 bridgehead atoms. The van der Waals surface area contributed by atoms with E-state index >= 15 is 0 Å². The van der Waals surface area contributed by atoms with Gasteiger partial charge in [-0.05, 0) is 49.4 Å². The van der Waals surface area contributed by atoms with Crippen molar-refractivity contribution in [1.29, 1.82) is 0 Å². The van der Waals surface area contributed by atoms with E-state index in [0.29, 0.717) is 49.0 Å². The van der Waals surface area contributed by atoms with Crippen molar-refractivity contribution in [2.24, 2.45) is 11.8 Å². The van der Waals surface area contributed by atoms with Gasteiger partial charge in [-0.15, -0.1) is 11.3 Å². The van der Waals surface area contributed by atoms with E-state index < -0.39 is 15.6 Å². The van der Waals surface area contributed by atoms with Gasteiger partial charge in [0.25, 0.3) is 5.56 Å². The van der Waals surface area contributed by atoms with Crippen LogP contribution in [0.25, 0.3) is 10.2 Å². The van der Waals surface area contributed by atoms with Gasteiger partial charge in [-0.25, -0.2) is 13.4 Å². The monoisotopic (exact) mass is 573 g/mol. The first-order chi connectivity index (χ1) is 18.6. The minimum Gasteiger partial charge on any atom is -0.497 e. The lowest BCUT2D eigenvalue weighted by Crippen LogP contribution is -2.50. The molecule has 2 atom stereocenters. The highest BCUT2D eigenvalue weighted by atomic mass is 32.2. The lowest BCUT2D eigenvalue weighted by atomic mass is 9.94. The van der Waals surface area contributed by atoms with E-state index in [1.165, 1.54) is 26.5 Å². The number of thiophene rings is 1. The molecule has 210 valence electrons. The van der Waals surface area contributed by atoms with Gasteiger partial charge in [-0.1, -0.05) is 13.8 Å². The maximum Gasteiger partial charge on any atom is 0.263 e. The Morgan fingerprint density at radius 3 is 2.33 bits per heavy atom. The van der Waals surface area contributed by atoms with Crippen LogP contribution in [0.1, 0.15) is 25.1 Å². The number of ether oxygens (including phenoxy) is 1. The molecule has 10 nitrogen and oxygen atoms in total. The fourth-order valence-electron chi connectivity index (χ4n) is 5.72. The number of carbonyl (C=O) groups is 1. The van der Waals surface area contributed by atoms with E-state index in [2.05, 4.69) is 9.88 Å². The van der Waals surface area contributed by atoms with Gasteiger partial charge in [0.2, 0.25) is 15.9 Å². The average Bonchev–Trinajstić information content (AvgIpc) is 3.27. The van der Waals surface area contributed by atoms with Crippen LogP contribution in [0.15, 0.2) is 40.3 Å². The number of rotatable bonds is 6. The van der Waals surface area contributed by atoms with Crippen LogP contribution in [0.5, 0.6) is 5.75 Å². The number of nitrogens with zero attached hydrogens (tertiary/aromatic N) is 5. The van der Waals surface area contributed by atoms with Crippen LogP contribution >= 0.6 is 11.3 Å². The standard InChI is InChI=1S/C27H35N5O5S2/c1-18-13-19(2)15-32(14-18)39(35,36)25-20(3)38-26-24(25)27(34)31(17-28-26)16-23(33)30-11-9-29(10-12-30)21-5-7-22(37-4)8-6-21/h5-8,17-19H,9-16H2,1-4H3/t18-,19-/m1/s1. The quantitative estimate of drug-likeness (QED) is 0.447. The number of piperazine rings is 1. The predicted octanol–water partition coefficient (Wildman–Crippen LogP) is 2.79. The van der Waals surface area contributed by atoms with Crippen LogP contribution in [0, 0.1) is 18.8 Å². The Hall–Kier alpha value is -2.96. The predicted molar refractivity (Wildman–Crippen MR) is 152 cm³/mol. The van der Waals surface area contributed by atoms with Gasteiger partial charge in [-0.2, -0.15) is 4.31 Å². The molecule has 0 unspecified atom stereocenters. The maximum absolute atomic E-state index is 13.8. The second-order valence-corrected chi connectivity index (χ2v) is 13.8. The summed E-state index contributed by atoms with van der Waals surface area (Å²) in [5.74, 6) is 1.08. The van der Waals surface area contributed by atoms with Crippen LogP contribution < -0.4 is 15.2 Å². The van der Waals surface area contributed by atoms with Crippen molar-refractivity contribution in [1.82, 2.24) is 18.8 Å². The number of fused-ring (bicyclic) bond motifs is 1. The third kappa shape index (κ3) is 5.42. The summed E-state index contributed by atoms with van der Waals surface area (Å²) in [6.45, 7) is 8.88. The molecule has 0 spiro atoms. The Kier molecular flexibility index (Phi) is 7.71. The second kappa shape index (κ2) is 10.9. The van der Waals surface area contributed by atoms with Crippen molar-refractivity contribution >= 4 is 43.2 Å². The zero-order valence-electron chi connectivity index (χ0n) is 22.8. The molecule has 0 saturated carbocycles. The summed E-state index contributed by atoms with van der Waals surface area (Å²) in [5, 5.41) is 0.0861. The van der Waals surface area contributed by atoms with Gasteiger partial charge in [0.15, 0.2) is 0 Å². The first kappa shape index (κ1) is 27.6. The zero-order chi connectivity index (χ0) is 27.9. The van der Waals surface area contributed by atoms with Crippen molar-refractivity contribution in [2.45, 2.75) is 38.6 Å². The fraction of sp³-hybridized carbons (Fsp3) is 0.519. The minimum atomic E-state index is -3.89. The van der Waals surface area contributed by atoms with Crippen molar-refractivity contribution < 1.29 is 17.9 Å². The third-order valence-electron chi connectivity index (χ3n) is 7.61. The molecular formula is C27H35N5O5S2. The number of benzene rings is 1. The van der Waals surface area contributed by atoms with Crippen molar-refractivity contribution in [3.63, 3.8) is 0 Å². The molecule has 2 aromatic heterocycles. The highest BCUT2D eigenvalue weighted by Crippen LogP contribution is 2.35. The van der Waals surface area contributed by atoms with Crippen LogP contribution in [-0.4, -0.2) is 79.5 Å². The fourth-order valence-corrected chi connectivity index (χ4v) is 9.07. The smallest absolute Gasteiger partial charge is 0.263 e. The summed E-state index contributed by atoms with van der Waals surface area (Å²) in [4.78, 5) is 36.0. The van der Waals surface area contributed by atoms with Crippen molar-refractivity contribution in [2.75, 3.05) is 51.3 Å². The third-order valence-corrected chi connectivity index (χ3v) is 10.8. The van der Waals surface area contributed by atoms with Crippen LogP contribution in [0.3, 0.4) is 0 Å². The minimum absolute atomic E-state index is 0.0382. The normalized spacial score (nSPS) is 20.9. The summed E-state index contributed by atoms with van der Waals surface area (Å²) in [5.41, 5.74) is 0.569. The molecule has 0 aliphatic carbocycles. The number of carbonyl (C=O) groups excluding carboxylic acids is 1. The van der Waals surface area contributed by atoms with E-state index in [1.807, 2.05) is 38.1 Å². The van der Waals surface area contributed by atoms with E-state index in [4.69, 9.17) is 4.74 Å². The molecule has 3 aromatic rings. The maximum atomic E-state index is 13.8. The van der Waals surface area contributed by atoms with Gasteiger partial charge in [0, 0.05) is 49.8 Å². The topological polar surface area (TPSA) is 105 Å². The number of aryl methyl sites for hydroxylation is 1. The van der Waals surface area contributed by atoms with E-state index in [1.54, 1.807) is 18.9 Å². The molecule has 2 aliphatic rings. The second-order valence-electron chi connectivity index (χ2n) is 10.7. The lowest BCUT2D eigenvalue weighted by molar-refractivity contribution is -0.132. The van der Waals surface area contributed by atoms with Crippen LogP contribution in [-0.2, 0) is 21.4 Å². The highest BCUT2D eigenvalue weighted by molar-refractivity contribution is 7.89. The Morgan fingerprint density at radius 1 is 1.08 bits per heavy atom. The zero-order valence-corrected chi connectivity index (χ0v) is 24.4.